The zero-order valence-electron chi connectivity index (χ0n) is 20.8. The lowest BCUT2D eigenvalue weighted by atomic mass is 9.98. The molecule has 0 saturated carbocycles. The van der Waals surface area contributed by atoms with Crippen LogP contribution in [-0.2, 0) is 14.3 Å². The minimum atomic E-state index is -0.799. The Balaban J connectivity index is 1.45. The molecule has 0 bridgehead atoms. The monoisotopic (exact) mass is 480 g/mol. The van der Waals surface area contributed by atoms with Crippen LogP contribution in [0.5, 0.6) is 0 Å². The van der Waals surface area contributed by atoms with Crippen molar-refractivity contribution >= 4 is 18.0 Å². The summed E-state index contributed by atoms with van der Waals surface area (Å²) >= 11 is 0. The van der Waals surface area contributed by atoms with Gasteiger partial charge in [-0.25, -0.2) is 4.79 Å². The standard InChI is InChI=1S/C28H36N2O5/c1-4-20(26(31)30-19(3)11-9-10-18(2)27(32)33)16-29-28(34)35-17-25-23-14-7-5-12-21(23)22-13-6-8-15-24(22)25/h5-8,12-15,18-20,25H,4,9-11,16-17H2,1-3H3,(H,29,34)(H,30,31)(H,32,33). The van der Waals surface area contributed by atoms with Crippen LogP contribution in [-0.4, -0.2) is 42.3 Å². The molecule has 0 fully saturated rings. The van der Waals surface area contributed by atoms with E-state index in [0.717, 1.165) is 17.5 Å². The molecule has 3 atom stereocenters. The number of alkyl carbamates (subject to hydrolysis) is 1. The highest BCUT2D eigenvalue weighted by molar-refractivity contribution is 5.80. The Bertz CT molecular complexity index is 992. The molecule has 7 heteroatoms. The van der Waals surface area contributed by atoms with Gasteiger partial charge in [0.25, 0.3) is 0 Å². The molecular weight excluding hydrogens is 444 g/mol. The average Bonchev–Trinajstić information content (AvgIpc) is 3.16. The zero-order chi connectivity index (χ0) is 25.4. The van der Waals surface area contributed by atoms with Gasteiger partial charge >= 0.3 is 12.1 Å². The number of ether oxygens (including phenoxy) is 1. The second-order valence-corrected chi connectivity index (χ2v) is 9.39. The number of hydrogen-bond donors (Lipinski definition) is 3. The third-order valence-electron chi connectivity index (χ3n) is 6.78. The molecule has 2 aromatic rings. The first-order chi connectivity index (χ1) is 16.8. The highest BCUT2D eigenvalue weighted by Gasteiger charge is 2.29. The van der Waals surface area contributed by atoms with E-state index in [4.69, 9.17) is 9.84 Å². The number of fused-ring (bicyclic) bond motifs is 3. The van der Waals surface area contributed by atoms with Crippen molar-refractivity contribution in [2.45, 2.75) is 58.4 Å². The van der Waals surface area contributed by atoms with E-state index in [9.17, 15) is 14.4 Å². The Kier molecular flexibility index (Phi) is 9.29. The Morgan fingerprint density at radius 1 is 0.971 bits per heavy atom. The van der Waals surface area contributed by atoms with Gasteiger partial charge in [0.15, 0.2) is 0 Å². The molecule has 7 nitrogen and oxygen atoms in total. The lowest BCUT2D eigenvalue weighted by Gasteiger charge is -2.20. The summed E-state index contributed by atoms with van der Waals surface area (Å²) in [5, 5.41) is 14.7. The quantitative estimate of drug-likeness (QED) is 0.399. The molecule has 0 aromatic heterocycles. The lowest BCUT2D eigenvalue weighted by Crippen LogP contribution is -2.42. The lowest BCUT2D eigenvalue weighted by molar-refractivity contribution is -0.141. The van der Waals surface area contributed by atoms with E-state index in [0.29, 0.717) is 19.3 Å². The van der Waals surface area contributed by atoms with Crippen LogP contribution >= 0.6 is 0 Å². The second-order valence-electron chi connectivity index (χ2n) is 9.39. The number of aliphatic carboxylic acids is 1. The molecule has 0 radical (unpaired) electrons. The van der Waals surface area contributed by atoms with Crippen LogP contribution < -0.4 is 10.6 Å². The average molecular weight is 481 g/mol. The van der Waals surface area contributed by atoms with Crippen molar-refractivity contribution in [1.29, 1.82) is 0 Å². The van der Waals surface area contributed by atoms with Gasteiger partial charge in [0.05, 0.1) is 11.8 Å². The molecule has 35 heavy (non-hydrogen) atoms. The summed E-state index contributed by atoms with van der Waals surface area (Å²) in [6.45, 7) is 5.93. The maximum atomic E-state index is 12.6. The Morgan fingerprint density at radius 2 is 1.57 bits per heavy atom. The molecule has 188 valence electrons. The summed E-state index contributed by atoms with van der Waals surface area (Å²) in [5.74, 6) is -1.68. The number of carbonyl (C=O) groups excluding carboxylic acids is 2. The zero-order valence-corrected chi connectivity index (χ0v) is 20.8. The maximum absolute atomic E-state index is 12.6. The van der Waals surface area contributed by atoms with Crippen molar-refractivity contribution in [3.63, 3.8) is 0 Å². The molecule has 2 amide bonds. The van der Waals surface area contributed by atoms with Crippen LogP contribution in [0.4, 0.5) is 4.79 Å². The molecule has 0 saturated heterocycles. The summed E-state index contributed by atoms with van der Waals surface area (Å²) in [4.78, 5) is 36.0. The number of nitrogens with one attached hydrogen (secondary N) is 2. The summed E-state index contributed by atoms with van der Waals surface area (Å²) in [6.07, 6.45) is 2.06. The van der Waals surface area contributed by atoms with Crippen molar-refractivity contribution in [3.8, 4) is 11.1 Å². The van der Waals surface area contributed by atoms with Crippen LogP contribution in [0.15, 0.2) is 48.5 Å². The van der Waals surface area contributed by atoms with E-state index in [1.165, 1.54) is 11.1 Å². The van der Waals surface area contributed by atoms with Crippen LogP contribution in [0.25, 0.3) is 11.1 Å². The SMILES string of the molecule is CCC(CNC(=O)OCC1c2ccccc2-c2ccccc21)C(=O)NC(C)CCCC(C)C(=O)O. The van der Waals surface area contributed by atoms with Crippen molar-refractivity contribution < 1.29 is 24.2 Å². The molecule has 0 heterocycles. The minimum Gasteiger partial charge on any atom is -0.481 e. The summed E-state index contributed by atoms with van der Waals surface area (Å²) < 4.78 is 5.56. The van der Waals surface area contributed by atoms with Crippen LogP contribution in [0.1, 0.15) is 63.5 Å². The van der Waals surface area contributed by atoms with Gasteiger partial charge in [-0.1, -0.05) is 68.8 Å². The molecule has 1 aliphatic carbocycles. The van der Waals surface area contributed by atoms with E-state index in [2.05, 4.69) is 34.9 Å². The molecule has 0 spiro atoms. The van der Waals surface area contributed by atoms with Gasteiger partial charge in [-0.15, -0.1) is 0 Å². The molecule has 3 unspecified atom stereocenters. The van der Waals surface area contributed by atoms with Crippen molar-refractivity contribution in [2.75, 3.05) is 13.2 Å². The number of carboxylic acid groups (broad SMARTS) is 1. The van der Waals surface area contributed by atoms with E-state index in [1.54, 1.807) is 6.92 Å². The predicted octanol–water partition coefficient (Wildman–Crippen LogP) is 4.95. The van der Waals surface area contributed by atoms with Crippen LogP contribution in [0.2, 0.25) is 0 Å². The number of benzene rings is 2. The molecule has 3 N–H and O–H groups in total. The van der Waals surface area contributed by atoms with Gasteiger partial charge in [0.2, 0.25) is 5.91 Å². The van der Waals surface area contributed by atoms with Crippen LogP contribution in [0.3, 0.4) is 0 Å². The molecular formula is C28H36N2O5. The first-order valence-electron chi connectivity index (χ1n) is 12.4. The fourth-order valence-electron chi connectivity index (χ4n) is 4.56. The first-order valence-corrected chi connectivity index (χ1v) is 12.4. The first kappa shape index (κ1) is 26.3. The van der Waals surface area contributed by atoms with E-state index in [1.807, 2.05) is 38.1 Å². The van der Waals surface area contributed by atoms with Gasteiger partial charge in [-0.05, 0) is 48.4 Å². The smallest absolute Gasteiger partial charge is 0.407 e. The number of rotatable bonds is 12. The van der Waals surface area contributed by atoms with Crippen LogP contribution in [0, 0.1) is 11.8 Å². The van der Waals surface area contributed by atoms with E-state index >= 15 is 0 Å². The second kappa shape index (κ2) is 12.4. The number of carbonyl (C=O) groups is 3. The largest absolute Gasteiger partial charge is 0.481 e. The summed E-state index contributed by atoms with van der Waals surface area (Å²) in [7, 11) is 0. The van der Waals surface area contributed by atoms with Crippen molar-refractivity contribution in [3.05, 3.63) is 59.7 Å². The summed E-state index contributed by atoms with van der Waals surface area (Å²) in [5.41, 5.74) is 4.65. The fraction of sp³-hybridized carbons (Fsp3) is 0.464. The Hall–Kier alpha value is -3.35. The maximum Gasteiger partial charge on any atom is 0.407 e. The number of carboxylic acids is 1. The Labute approximate surface area is 207 Å². The topological polar surface area (TPSA) is 105 Å². The molecule has 1 aliphatic rings. The third kappa shape index (κ3) is 6.84. The van der Waals surface area contributed by atoms with Gasteiger partial charge in [-0.3, -0.25) is 9.59 Å². The minimum absolute atomic E-state index is 0.0110. The summed E-state index contributed by atoms with van der Waals surface area (Å²) in [6, 6.07) is 16.3. The number of amides is 2. The normalized spacial score (nSPS) is 14.8. The molecule has 2 aromatic carbocycles. The molecule has 0 aliphatic heterocycles. The fourth-order valence-corrected chi connectivity index (χ4v) is 4.56. The number of hydrogen-bond acceptors (Lipinski definition) is 4. The van der Waals surface area contributed by atoms with Crippen molar-refractivity contribution in [2.24, 2.45) is 11.8 Å². The Morgan fingerprint density at radius 3 is 2.14 bits per heavy atom. The van der Waals surface area contributed by atoms with Gasteiger partial charge in [0, 0.05) is 18.5 Å². The van der Waals surface area contributed by atoms with Gasteiger partial charge in [0.1, 0.15) is 6.61 Å². The highest BCUT2D eigenvalue weighted by Crippen LogP contribution is 2.44. The van der Waals surface area contributed by atoms with Gasteiger partial charge in [-0.2, -0.15) is 0 Å². The highest BCUT2D eigenvalue weighted by atomic mass is 16.5. The third-order valence-corrected chi connectivity index (χ3v) is 6.78. The van der Waals surface area contributed by atoms with Crippen molar-refractivity contribution in [1.82, 2.24) is 10.6 Å². The van der Waals surface area contributed by atoms with E-state index < -0.39 is 12.1 Å². The van der Waals surface area contributed by atoms with E-state index in [-0.39, 0.29) is 42.9 Å². The molecule has 3 rings (SSSR count). The van der Waals surface area contributed by atoms with Gasteiger partial charge < -0.3 is 20.5 Å². The predicted molar refractivity (Wildman–Crippen MR) is 135 cm³/mol.